The molecular formula is C21H41IN4O. The van der Waals surface area contributed by atoms with Gasteiger partial charge >= 0.3 is 0 Å². The lowest BCUT2D eigenvalue weighted by molar-refractivity contribution is 0.0372. The predicted molar refractivity (Wildman–Crippen MR) is 124 cm³/mol. The molecular weight excluding hydrogens is 451 g/mol. The number of rotatable bonds is 5. The Hall–Kier alpha value is -0.0800. The Labute approximate surface area is 183 Å². The highest BCUT2D eigenvalue weighted by Gasteiger charge is 2.36. The number of unbranched alkanes of at least 4 members (excludes halogenated alkanes) is 1. The van der Waals surface area contributed by atoms with Crippen molar-refractivity contribution in [2.75, 3.05) is 59.5 Å². The molecule has 0 aromatic carbocycles. The van der Waals surface area contributed by atoms with Crippen LogP contribution in [0.25, 0.3) is 0 Å². The number of morpholine rings is 1. The van der Waals surface area contributed by atoms with Gasteiger partial charge in [0.2, 0.25) is 0 Å². The summed E-state index contributed by atoms with van der Waals surface area (Å²) in [5, 5.41) is 3.65. The van der Waals surface area contributed by atoms with Crippen LogP contribution in [0.15, 0.2) is 4.99 Å². The topological polar surface area (TPSA) is 40.1 Å². The van der Waals surface area contributed by atoms with Gasteiger partial charge in [0, 0.05) is 39.8 Å². The smallest absolute Gasteiger partial charge is 0.193 e. The molecule has 0 aromatic heterocycles. The second-order valence-electron chi connectivity index (χ2n) is 8.57. The van der Waals surface area contributed by atoms with E-state index in [-0.39, 0.29) is 24.0 Å². The Bertz CT molecular complexity index is 432. The third-order valence-electron chi connectivity index (χ3n) is 6.62. The van der Waals surface area contributed by atoms with Crippen LogP contribution < -0.4 is 5.32 Å². The van der Waals surface area contributed by atoms with E-state index < -0.39 is 0 Å². The highest BCUT2D eigenvalue weighted by atomic mass is 127. The van der Waals surface area contributed by atoms with Gasteiger partial charge in [-0.2, -0.15) is 0 Å². The van der Waals surface area contributed by atoms with Crippen molar-refractivity contribution in [2.24, 2.45) is 10.4 Å². The molecule has 0 amide bonds. The number of nitrogens with one attached hydrogen (secondary N) is 1. The summed E-state index contributed by atoms with van der Waals surface area (Å²) in [6.45, 7) is 8.66. The Morgan fingerprint density at radius 1 is 0.963 bits per heavy atom. The van der Waals surface area contributed by atoms with Gasteiger partial charge in [0.1, 0.15) is 0 Å². The van der Waals surface area contributed by atoms with Gasteiger partial charge < -0.3 is 15.0 Å². The van der Waals surface area contributed by atoms with Crippen LogP contribution in [-0.4, -0.2) is 75.3 Å². The number of aliphatic imine (C=N–C) groups is 1. The molecule has 0 atom stereocenters. The lowest BCUT2D eigenvalue weighted by Crippen LogP contribution is -2.50. The largest absolute Gasteiger partial charge is 0.379 e. The molecule has 5 nitrogen and oxygen atoms in total. The van der Waals surface area contributed by atoms with Gasteiger partial charge in [0.05, 0.1) is 13.2 Å². The van der Waals surface area contributed by atoms with E-state index in [2.05, 4.69) is 20.1 Å². The predicted octanol–water partition coefficient (Wildman–Crippen LogP) is 3.73. The molecule has 0 aromatic rings. The number of hydrogen-bond acceptors (Lipinski definition) is 3. The molecule has 3 rings (SSSR count). The third kappa shape index (κ3) is 7.35. The van der Waals surface area contributed by atoms with Crippen molar-refractivity contribution in [3.8, 4) is 0 Å². The lowest BCUT2D eigenvalue weighted by atomic mass is 9.74. The molecule has 1 saturated carbocycles. The summed E-state index contributed by atoms with van der Waals surface area (Å²) < 4.78 is 5.42. The van der Waals surface area contributed by atoms with Gasteiger partial charge in [0.25, 0.3) is 0 Å². The second-order valence-corrected chi connectivity index (χ2v) is 8.57. The van der Waals surface area contributed by atoms with Crippen LogP contribution in [0.3, 0.4) is 0 Å². The summed E-state index contributed by atoms with van der Waals surface area (Å²) in [6, 6.07) is 0. The van der Waals surface area contributed by atoms with Crippen molar-refractivity contribution in [1.29, 1.82) is 0 Å². The van der Waals surface area contributed by atoms with Gasteiger partial charge in [-0.05, 0) is 50.5 Å². The van der Waals surface area contributed by atoms with E-state index in [9.17, 15) is 0 Å². The Balaban J connectivity index is 0.00000261. The van der Waals surface area contributed by atoms with Crippen molar-refractivity contribution in [3.05, 3.63) is 0 Å². The zero-order valence-electron chi connectivity index (χ0n) is 17.4. The van der Waals surface area contributed by atoms with Crippen molar-refractivity contribution in [1.82, 2.24) is 15.1 Å². The first-order valence-corrected chi connectivity index (χ1v) is 11.1. The fraction of sp³-hybridized carbons (Fsp3) is 0.952. The molecule has 0 radical (unpaired) electrons. The van der Waals surface area contributed by atoms with E-state index >= 15 is 0 Å². The van der Waals surface area contributed by atoms with Crippen LogP contribution in [0.5, 0.6) is 0 Å². The van der Waals surface area contributed by atoms with E-state index in [1.165, 1.54) is 83.8 Å². The van der Waals surface area contributed by atoms with Gasteiger partial charge in [-0.25, -0.2) is 0 Å². The molecule has 0 bridgehead atoms. The molecule has 2 heterocycles. The molecule has 3 fully saturated rings. The number of ether oxygens (including phenoxy) is 1. The lowest BCUT2D eigenvalue weighted by Gasteiger charge is -2.44. The quantitative estimate of drug-likeness (QED) is 0.275. The van der Waals surface area contributed by atoms with Crippen LogP contribution in [0.2, 0.25) is 0 Å². The van der Waals surface area contributed by atoms with Gasteiger partial charge in [-0.1, -0.05) is 25.7 Å². The van der Waals surface area contributed by atoms with Gasteiger partial charge in [0.15, 0.2) is 5.96 Å². The standard InChI is InChI=1S/C21H40N4O.HI/c1-22-20(23-12-6-7-13-24-15-17-26-18-16-24)25-14-8-11-21(19-25)9-4-2-3-5-10-21;/h2-19H2,1H3,(H,22,23);1H. The fourth-order valence-corrected chi connectivity index (χ4v) is 5.09. The van der Waals surface area contributed by atoms with E-state index in [1.807, 2.05) is 7.05 Å². The van der Waals surface area contributed by atoms with Crippen LogP contribution in [0, 0.1) is 5.41 Å². The number of likely N-dealkylation sites (tertiary alicyclic amines) is 1. The fourth-order valence-electron chi connectivity index (χ4n) is 5.09. The Morgan fingerprint density at radius 2 is 1.67 bits per heavy atom. The SMILES string of the molecule is CN=C(NCCCCN1CCOCC1)N1CCCC2(CCCCCC2)C1.I. The molecule has 2 saturated heterocycles. The van der Waals surface area contributed by atoms with Crippen LogP contribution >= 0.6 is 24.0 Å². The molecule has 0 unspecified atom stereocenters. The van der Waals surface area contributed by atoms with Crippen LogP contribution in [0.4, 0.5) is 0 Å². The average Bonchev–Trinajstić information content (AvgIpc) is 2.91. The highest BCUT2D eigenvalue weighted by molar-refractivity contribution is 14.0. The summed E-state index contributed by atoms with van der Waals surface area (Å²) in [5.41, 5.74) is 0.572. The minimum atomic E-state index is 0. The van der Waals surface area contributed by atoms with E-state index in [4.69, 9.17) is 4.74 Å². The minimum absolute atomic E-state index is 0. The summed E-state index contributed by atoms with van der Waals surface area (Å²) in [6.07, 6.45) is 13.8. The molecule has 1 spiro atoms. The first-order chi connectivity index (χ1) is 12.8. The van der Waals surface area contributed by atoms with Gasteiger partial charge in [-0.3, -0.25) is 9.89 Å². The summed E-state index contributed by atoms with van der Waals surface area (Å²) in [4.78, 5) is 9.68. The third-order valence-corrected chi connectivity index (χ3v) is 6.62. The number of guanidine groups is 1. The monoisotopic (exact) mass is 492 g/mol. The maximum Gasteiger partial charge on any atom is 0.193 e. The highest BCUT2D eigenvalue weighted by Crippen LogP contribution is 2.42. The summed E-state index contributed by atoms with van der Waals surface area (Å²) in [5.74, 6) is 1.14. The molecule has 1 N–H and O–H groups in total. The molecule has 27 heavy (non-hydrogen) atoms. The molecule has 3 aliphatic rings. The molecule has 1 aliphatic carbocycles. The second kappa shape index (κ2) is 12.5. The summed E-state index contributed by atoms with van der Waals surface area (Å²) >= 11 is 0. The minimum Gasteiger partial charge on any atom is -0.379 e. The number of halogens is 1. The van der Waals surface area contributed by atoms with Gasteiger partial charge in [-0.15, -0.1) is 24.0 Å². The first kappa shape index (κ1) is 23.2. The Morgan fingerprint density at radius 3 is 2.37 bits per heavy atom. The van der Waals surface area contributed by atoms with E-state index in [0.29, 0.717) is 5.41 Å². The molecule has 2 aliphatic heterocycles. The summed E-state index contributed by atoms with van der Waals surface area (Å²) in [7, 11) is 1.95. The van der Waals surface area contributed by atoms with Crippen LogP contribution in [-0.2, 0) is 4.74 Å². The molecule has 6 heteroatoms. The van der Waals surface area contributed by atoms with E-state index in [0.717, 1.165) is 38.8 Å². The zero-order chi connectivity index (χ0) is 18.1. The first-order valence-electron chi connectivity index (χ1n) is 11.1. The number of piperidine rings is 1. The number of nitrogens with zero attached hydrogens (tertiary/aromatic N) is 3. The maximum absolute atomic E-state index is 5.42. The zero-order valence-corrected chi connectivity index (χ0v) is 19.7. The van der Waals surface area contributed by atoms with Crippen molar-refractivity contribution >= 4 is 29.9 Å². The van der Waals surface area contributed by atoms with E-state index in [1.54, 1.807) is 0 Å². The normalized spacial score (nSPS) is 24.3. The average molecular weight is 492 g/mol. The number of hydrogen-bond donors (Lipinski definition) is 1. The van der Waals surface area contributed by atoms with Crippen molar-refractivity contribution in [2.45, 2.75) is 64.2 Å². The van der Waals surface area contributed by atoms with Crippen molar-refractivity contribution < 1.29 is 4.74 Å². The van der Waals surface area contributed by atoms with Crippen molar-refractivity contribution in [3.63, 3.8) is 0 Å². The Kier molecular flexibility index (Phi) is 10.7. The van der Waals surface area contributed by atoms with Crippen LogP contribution in [0.1, 0.15) is 64.2 Å². The maximum atomic E-state index is 5.42. The molecule has 158 valence electrons.